The van der Waals surface area contributed by atoms with Crippen LogP contribution in [-0.2, 0) is 0 Å². The van der Waals surface area contributed by atoms with Crippen LogP contribution in [0.1, 0.15) is 65.2 Å². The lowest BCUT2D eigenvalue weighted by molar-refractivity contribution is 0.789. The van der Waals surface area contributed by atoms with Crippen molar-refractivity contribution in [3.63, 3.8) is 0 Å². The molecule has 0 aromatic carbocycles. The molecule has 1 unspecified atom stereocenters. The summed E-state index contributed by atoms with van der Waals surface area (Å²) in [6.45, 7) is 9.10. The minimum Gasteiger partial charge on any atom is -0.147 e. The third-order valence-corrected chi connectivity index (χ3v) is 9.78. The SMILES string of the molecule is C#P(C)CCCC[P+](C)(CCCC/C=C\C)CCCC/C=C\C. The Morgan fingerprint density at radius 3 is 1.61 bits per heavy atom. The van der Waals surface area contributed by atoms with Gasteiger partial charge in [0, 0.05) is 13.9 Å². The maximum absolute atomic E-state index is 5.96. The Labute approximate surface area is 148 Å². The Morgan fingerprint density at radius 1 is 0.783 bits per heavy atom. The van der Waals surface area contributed by atoms with Gasteiger partial charge in [0.05, 0.1) is 18.5 Å². The first-order valence-corrected chi connectivity index (χ1v) is 14.4. The molecule has 0 N–H and O–H groups in total. The van der Waals surface area contributed by atoms with Crippen LogP contribution in [0.25, 0.3) is 0 Å². The number of allylic oxidation sites excluding steroid dienone is 4. The molecule has 0 rings (SSSR count). The number of hydrogen-bond donors (Lipinski definition) is 0. The molecule has 0 spiro atoms. The van der Waals surface area contributed by atoms with Crippen molar-refractivity contribution in [2.24, 2.45) is 0 Å². The highest BCUT2D eigenvalue weighted by Gasteiger charge is 2.29. The zero-order chi connectivity index (χ0) is 17.4. The largest absolute Gasteiger partial charge is 0.147 e. The van der Waals surface area contributed by atoms with E-state index in [0.717, 1.165) is 0 Å². The number of unbranched alkanes of at least 4 members (excludes halogenated alkanes) is 5. The molecular formula is C21H41P2+. The second-order valence-electron chi connectivity index (χ2n) is 7.11. The molecule has 1 atom stereocenters. The molecule has 0 aliphatic rings. The summed E-state index contributed by atoms with van der Waals surface area (Å²) in [5, 5.41) is 0. The van der Waals surface area contributed by atoms with Crippen molar-refractivity contribution in [3.05, 3.63) is 24.3 Å². The maximum atomic E-state index is 5.96. The van der Waals surface area contributed by atoms with Gasteiger partial charge in [-0.1, -0.05) is 24.3 Å². The lowest BCUT2D eigenvalue weighted by Crippen LogP contribution is -2.08. The summed E-state index contributed by atoms with van der Waals surface area (Å²) in [4.78, 5) is 0. The van der Waals surface area contributed by atoms with Gasteiger partial charge in [-0.2, -0.15) is 0 Å². The Morgan fingerprint density at radius 2 is 1.22 bits per heavy atom. The van der Waals surface area contributed by atoms with Crippen molar-refractivity contribution in [2.45, 2.75) is 65.2 Å². The van der Waals surface area contributed by atoms with Crippen molar-refractivity contribution >= 4 is 14.6 Å². The van der Waals surface area contributed by atoms with Gasteiger partial charge in [-0.15, -0.1) is 13.5 Å². The molecule has 23 heavy (non-hydrogen) atoms. The first-order chi connectivity index (χ1) is 11.0. The second-order valence-corrected chi connectivity index (χ2v) is 13.6. The summed E-state index contributed by atoms with van der Waals surface area (Å²) in [5.74, 6) is 0. The lowest BCUT2D eigenvalue weighted by Gasteiger charge is -2.23. The molecule has 0 nitrogen and oxygen atoms in total. The van der Waals surface area contributed by atoms with Gasteiger partial charge in [0.25, 0.3) is 0 Å². The van der Waals surface area contributed by atoms with E-state index in [1.165, 1.54) is 76.0 Å². The Hall–Kier alpha value is -0.0100. The van der Waals surface area contributed by atoms with E-state index in [1.807, 2.05) is 0 Å². The van der Waals surface area contributed by atoms with Gasteiger partial charge in [-0.3, -0.25) is 0 Å². The van der Waals surface area contributed by atoms with Crippen LogP contribution in [0.15, 0.2) is 24.3 Å². The molecule has 2 heteroatoms. The smallest absolute Gasteiger partial charge is 0.0591 e. The quantitative estimate of drug-likeness (QED) is 0.171. The van der Waals surface area contributed by atoms with Crippen LogP contribution in [0.5, 0.6) is 0 Å². The lowest BCUT2D eigenvalue weighted by atomic mass is 10.2. The normalized spacial score (nSPS) is 13.3. The summed E-state index contributed by atoms with van der Waals surface area (Å²) in [6.07, 6.45) is 31.7. The molecule has 0 heterocycles. The predicted molar refractivity (Wildman–Crippen MR) is 117 cm³/mol. The zero-order valence-electron chi connectivity index (χ0n) is 16.3. The highest BCUT2D eigenvalue weighted by molar-refractivity contribution is 7.75. The second kappa shape index (κ2) is 15.5. The van der Waals surface area contributed by atoms with Crippen LogP contribution in [-0.4, -0.2) is 38.0 Å². The molecule has 134 valence electrons. The third kappa shape index (κ3) is 15.3. The molecule has 0 radical (unpaired) electrons. The highest BCUT2D eigenvalue weighted by Crippen LogP contribution is 2.57. The average Bonchev–Trinajstić information content (AvgIpc) is 2.51. The van der Waals surface area contributed by atoms with Crippen molar-refractivity contribution in [2.75, 3.05) is 38.0 Å². The van der Waals surface area contributed by atoms with E-state index in [2.05, 4.69) is 51.5 Å². The first kappa shape index (κ1) is 23.0. The standard InChI is InChI=1S/C21H41P2/c1-6-8-10-12-15-19-23(5,20-16-13-11-9-7-2)21-17-14-18-22(3)4/h3,6-9H,10-21H2,1-2,4-5H3/q+1/b8-6-,9-7-. The topological polar surface area (TPSA) is 0 Å². The summed E-state index contributed by atoms with van der Waals surface area (Å²) >= 11 is 0. The van der Waals surface area contributed by atoms with E-state index in [0.29, 0.717) is 0 Å². The molecule has 0 saturated heterocycles. The summed E-state index contributed by atoms with van der Waals surface area (Å²) in [7, 11) is -0.895. The van der Waals surface area contributed by atoms with Crippen molar-refractivity contribution in [1.29, 1.82) is 0 Å². The molecule has 0 aliphatic carbocycles. The first-order valence-electron chi connectivity index (χ1n) is 9.56. The van der Waals surface area contributed by atoms with Gasteiger partial charge >= 0.3 is 0 Å². The van der Waals surface area contributed by atoms with E-state index in [1.54, 1.807) is 0 Å². The van der Waals surface area contributed by atoms with Gasteiger partial charge < -0.3 is 0 Å². The zero-order valence-corrected chi connectivity index (χ0v) is 18.1. The summed E-state index contributed by atoms with van der Waals surface area (Å²) in [5.41, 5.74) is 0. The minimum atomic E-state index is -0.708. The van der Waals surface area contributed by atoms with Crippen LogP contribution in [0.3, 0.4) is 0 Å². The van der Waals surface area contributed by atoms with Crippen molar-refractivity contribution in [3.8, 4) is 6.13 Å². The fraction of sp³-hybridized carbons (Fsp3) is 0.762. The predicted octanol–water partition coefficient (Wildman–Crippen LogP) is 7.61. The monoisotopic (exact) mass is 355 g/mol. The summed E-state index contributed by atoms with van der Waals surface area (Å²) in [6, 6.07) is 0. The minimum absolute atomic E-state index is 0.187. The molecule has 0 aromatic heterocycles. The van der Waals surface area contributed by atoms with E-state index in [9.17, 15) is 0 Å². The molecule has 0 aromatic rings. The molecular weight excluding hydrogens is 314 g/mol. The van der Waals surface area contributed by atoms with Crippen LogP contribution in [0.4, 0.5) is 0 Å². The average molecular weight is 356 g/mol. The molecule has 0 fully saturated rings. The number of rotatable bonds is 14. The van der Waals surface area contributed by atoms with Crippen LogP contribution < -0.4 is 0 Å². The van der Waals surface area contributed by atoms with Crippen molar-refractivity contribution < 1.29 is 0 Å². The molecule has 0 aliphatic heterocycles. The van der Waals surface area contributed by atoms with Crippen molar-refractivity contribution in [1.82, 2.24) is 0 Å². The third-order valence-electron chi connectivity index (χ3n) is 4.57. The Kier molecular flexibility index (Phi) is 15.5. The fourth-order valence-corrected chi connectivity index (χ4v) is 7.39. The van der Waals surface area contributed by atoms with Crippen LogP contribution >= 0.6 is 14.6 Å². The molecule has 0 amide bonds. The maximum Gasteiger partial charge on any atom is 0.0591 e. The van der Waals surface area contributed by atoms with Crippen LogP contribution in [0.2, 0.25) is 0 Å². The van der Waals surface area contributed by atoms with E-state index in [4.69, 9.17) is 6.13 Å². The van der Waals surface area contributed by atoms with Gasteiger partial charge in [-0.05, 0) is 78.0 Å². The van der Waals surface area contributed by atoms with Gasteiger partial charge in [0.2, 0.25) is 0 Å². The Balaban J connectivity index is 4.18. The molecule has 0 saturated carbocycles. The van der Waals surface area contributed by atoms with Gasteiger partial charge in [-0.25, -0.2) is 0 Å². The van der Waals surface area contributed by atoms with Crippen LogP contribution in [0, 0.1) is 6.13 Å². The van der Waals surface area contributed by atoms with Gasteiger partial charge in [0.1, 0.15) is 0 Å². The fourth-order valence-electron chi connectivity index (χ4n) is 3.03. The van der Waals surface area contributed by atoms with E-state index < -0.39 is 7.26 Å². The van der Waals surface area contributed by atoms with Gasteiger partial charge in [0.15, 0.2) is 0 Å². The summed E-state index contributed by atoms with van der Waals surface area (Å²) < 4.78 is 0. The van der Waals surface area contributed by atoms with E-state index in [-0.39, 0.29) is 7.38 Å². The number of hydrogen-bond acceptors (Lipinski definition) is 0. The van der Waals surface area contributed by atoms with E-state index >= 15 is 0 Å². The molecule has 0 bridgehead atoms. The highest BCUT2D eigenvalue weighted by atomic mass is 31.2. The Bertz CT molecular complexity index is 364.